The first-order chi connectivity index (χ1) is 20.0. The first-order valence-electron chi connectivity index (χ1n) is 12.6. The predicted octanol–water partition coefficient (Wildman–Crippen LogP) is 2.39. The molecule has 0 saturated carbocycles. The minimum absolute atomic E-state index is 0.00155. The van der Waals surface area contributed by atoms with Gasteiger partial charge in [0.1, 0.15) is 23.1 Å². The lowest BCUT2D eigenvalue weighted by Crippen LogP contribution is -2.54. The van der Waals surface area contributed by atoms with E-state index in [1.54, 1.807) is 16.7 Å². The summed E-state index contributed by atoms with van der Waals surface area (Å²) in [4.78, 5) is 41.4. The summed E-state index contributed by atoms with van der Waals surface area (Å²) in [7, 11) is -3.08. The highest BCUT2D eigenvalue weighted by atomic mass is 32.2. The third kappa shape index (κ3) is 4.90. The van der Waals surface area contributed by atoms with Gasteiger partial charge >= 0.3 is 5.69 Å². The second kappa shape index (κ2) is 11.0. The van der Waals surface area contributed by atoms with E-state index in [-0.39, 0.29) is 48.1 Å². The number of piperazine rings is 1. The number of sulfonamides is 1. The topological polar surface area (TPSA) is 130 Å². The number of amides is 1. The Morgan fingerprint density at radius 3 is 2.45 bits per heavy atom. The summed E-state index contributed by atoms with van der Waals surface area (Å²) in [6.07, 6.45) is 2.38. The Kier molecular flexibility index (Phi) is 7.55. The van der Waals surface area contributed by atoms with Gasteiger partial charge in [-0.15, -0.1) is 0 Å². The minimum atomic E-state index is -4.23. The largest absolute Gasteiger partial charge is 0.355 e. The predicted molar refractivity (Wildman–Crippen MR) is 148 cm³/mol. The zero-order valence-electron chi connectivity index (χ0n) is 22.4. The fraction of sp³-hybridized carbons (Fsp3) is 0.222. The van der Waals surface area contributed by atoms with Gasteiger partial charge in [0.15, 0.2) is 16.5 Å². The second-order valence-corrected chi connectivity index (χ2v) is 11.2. The molecule has 0 spiro atoms. The summed E-state index contributed by atoms with van der Waals surface area (Å²) < 4.78 is 73.7. The van der Waals surface area contributed by atoms with E-state index in [4.69, 9.17) is 0 Å². The van der Waals surface area contributed by atoms with Gasteiger partial charge in [-0.05, 0) is 50.4 Å². The summed E-state index contributed by atoms with van der Waals surface area (Å²) in [6.45, 7) is 5.94. The average molecular weight is 600 g/mol. The molecule has 0 radical (unpaired) electrons. The van der Waals surface area contributed by atoms with E-state index < -0.39 is 55.5 Å². The van der Waals surface area contributed by atoms with Crippen LogP contribution in [0.1, 0.15) is 6.92 Å². The Bertz CT molecular complexity index is 1900. The first kappa shape index (κ1) is 28.9. The number of rotatable bonds is 6. The van der Waals surface area contributed by atoms with Crippen LogP contribution in [0.2, 0.25) is 0 Å². The number of anilines is 1. The lowest BCUT2D eigenvalue weighted by Gasteiger charge is -2.40. The van der Waals surface area contributed by atoms with Gasteiger partial charge in [0.05, 0.1) is 16.6 Å². The van der Waals surface area contributed by atoms with Crippen molar-refractivity contribution in [2.24, 2.45) is 0 Å². The van der Waals surface area contributed by atoms with Crippen LogP contribution in [0, 0.1) is 17.5 Å². The Morgan fingerprint density at radius 1 is 1.10 bits per heavy atom. The number of pyridine rings is 2. The fourth-order valence-electron chi connectivity index (χ4n) is 4.90. The summed E-state index contributed by atoms with van der Waals surface area (Å²) in [6, 6.07) is 6.15. The van der Waals surface area contributed by atoms with Gasteiger partial charge in [-0.3, -0.25) is 4.79 Å². The molecule has 3 aromatic heterocycles. The van der Waals surface area contributed by atoms with Crippen molar-refractivity contribution in [3.8, 4) is 16.9 Å². The number of fused-ring (bicyclic) bond motifs is 1. The SMILES string of the molecule is C=CC(=O)N1CCN(c2nc(=O)n(-c3cccnc3S(=O)(=O)NC)c3nc(-c4c(F)cccc4F)c(F)cc23)[C@@H](C)C1. The highest BCUT2D eigenvalue weighted by Gasteiger charge is 2.31. The molecule has 11 nitrogen and oxygen atoms in total. The van der Waals surface area contributed by atoms with Crippen LogP contribution in [0.3, 0.4) is 0 Å². The van der Waals surface area contributed by atoms with Crippen LogP contribution in [0.15, 0.2) is 65.1 Å². The van der Waals surface area contributed by atoms with E-state index in [9.17, 15) is 26.8 Å². The molecule has 42 heavy (non-hydrogen) atoms. The van der Waals surface area contributed by atoms with Gasteiger partial charge < -0.3 is 9.80 Å². The van der Waals surface area contributed by atoms with Crippen molar-refractivity contribution in [2.45, 2.75) is 18.0 Å². The number of halogens is 3. The Hall–Kier alpha value is -4.63. The fourth-order valence-corrected chi connectivity index (χ4v) is 5.73. The van der Waals surface area contributed by atoms with Crippen molar-refractivity contribution >= 4 is 32.8 Å². The molecule has 0 bridgehead atoms. The summed E-state index contributed by atoms with van der Waals surface area (Å²) >= 11 is 0. The van der Waals surface area contributed by atoms with Gasteiger partial charge in [-0.25, -0.2) is 45.6 Å². The van der Waals surface area contributed by atoms with Crippen LogP contribution < -0.4 is 15.3 Å². The molecular formula is C27H24F3N7O4S. The van der Waals surface area contributed by atoms with E-state index in [1.165, 1.54) is 24.4 Å². The summed E-state index contributed by atoms with van der Waals surface area (Å²) in [5.41, 5.74) is -3.10. The van der Waals surface area contributed by atoms with Gasteiger partial charge in [0, 0.05) is 31.9 Å². The van der Waals surface area contributed by atoms with Crippen LogP contribution in [-0.4, -0.2) is 71.5 Å². The monoisotopic (exact) mass is 599 g/mol. The van der Waals surface area contributed by atoms with Gasteiger partial charge in [-0.1, -0.05) is 12.6 Å². The molecule has 15 heteroatoms. The second-order valence-electron chi connectivity index (χ2n) is 9.41. The smallest absolute Gasteiger partial charge is 0.350 e. The number of carbonyl (C=O) groups excluding carboxylic acids is 1. The highest BCUT2D eigenvalue weighted by Crippen LogP contribution is 2.33. The molecular weight excluding hydrogens is 575 g/mol. The maximum atomic E-state index is 15.7. The third-order valence-corrected chi connectivity index (χ3v) is 8.26. The minimum Gasteiger partial charge on any atom is -0.350 e. The molecule has 1 aliphatic heterocycles. The van der Waals surface area contributed by atoms with E-state index in [1.807, 2.05) is 0 Å². The molecule has 218 valence electrons. The standard InChI is InChI=1S/C27H24F3N7O4S/c1-4-21(38)35-11-12-36(15(2)14-35)24-16-13-19(30)23(22-17(28)7-5-8-18(22)29)33-25(16)37(27(39)34-24)20-9-6-10-32-26(20)42(40,41)31-3/h4-10,13,15,31H,1,11-12,14H2,2-3H3/t15-/m0/s1. The molecule has 1 N–H and O–H groups in total. The molecule has 4 aromatic rings. The lowest BCUT2D eigenvalue weighted by atomic mass is 10.1. The van der Waals surface area contributed by atoms with Gasteiger partial charge in [-0.2, -0.15) is 4.98 Å². The molecule has 0 aliphatic carbocycles. The van der Waals surface area contributed by atoms with Crippen LogP contribution in [0.5, 0.6) is 0 Å². The van der Waals surface area contributed by atoms with E-state index in [2.05, 4.69) is 26.3 Å². The van der Waals surface area contributed by atoms with Crippen molar-refractivity contribution in [3.63, 3.8) is 0 Å². The van der Waals surface area contributed by atoms with Crippen LogP contribution in [0.4, 0.5) is 19.0 Å². The van der Waals surface area contributed by atoms with Crippen LogP contribution >= 0.6 is 0 Å². The molecule has 1 atom stereocenters. The molecule has 1 aliphatic rings. The first-order valence-corrected chi connectivity index (χ1v) is 14.1. The molecule has 1 saturated heterocycles. The third-order valence-electron chi connectivity index (χ3n) is 6.90. The quantitative estimate of drug-likeness (QED) is 0.335. The number of nitrogens with one attached hydrogen (secondary N) is 1. The zero-order valence-corrected chi connectivity index (χ0v) is 23.2. The molecule has 1 fully saturated rings. The highest BCUT2D eigenvalue weighted by molar-refractivity contribution is 7.89. The average Bonchev–Trinajstić information content (AvgIpc) is 2.97. The maximum absolute atomic E-state index is 15.7. The van der Waals surface area contributed by atoms with Crippen LogP contribution in [-0.2, 0) is 14.8 Å². The molecule has 4 heterocycles. The Labute approximate surface area is 238 Å². The normalized spacial score (nSPS) is 15.7. The molecule has 1 aromatic carbocycles. The zero-order chi connectivity index (χ0) is 30.3. The number of nitrogens with zero attached hydrogens (tertiary/aromatic N) is 6. The summed E-state index contributed by atoms with van der Waals surface area (Å²) in [5.74, 6) is -3.59. The van der Waals surface area contributed by atoms with Crippen molar-refractivity contribution in [1.82, 2.24) is 29.1 Å². The lowest BCUT2D eigenvalue weighted by molar-refractivity contribution is -0.126. The molecule has 1 amide bonds. The Morgan fingerprint density at radius 2 is 1.81 bits per heavy atom. The van der Waals surface area contributed by atoms with Crippen LogP contribution in [0.25, 0.3) is 28.0 Å². The number of hydrogen-bond acceptors (Lipinski definition) is 8. The van der Waals surface area contributed by atoms with Crippen molar-refractivity contribution in [2.75, 3.05) is 31.6 Å². The molecule has 5 rings (SSSR count). The van der Waals surface area contributed by atoms with Crippen molar-refractivity contribution in [1.29, 1.82) is 0 Å². The van der Waals surface area contributed by atoms with E-state index in [0.29, 0.717) is 0 Å². The van der Waals surface area contributed by atoms with Gasteiger partial charge in [0.2, 0.25) is 5.91 Å². The van der Waals surface area contributed by atoms with E-state index in [0.717, 1.165) is 35.9 Å². The van der Waals surface area contributed by atoms with Crippen molar-refractivity contribution in [3.05, 3.63) is 83.2 Å². The van der Waals surface area contributed by atoms with E-state index >= 15 is 4.39 Å². The number of aromatic nitrogens is 4. The van der Waals surface area contributed by atoms with Gasteiger partial charge in [0.25, 0.3) is 10.0 Å². The number of benzene rings is 1. The maximum Gasteiger partial charge on any atom is 0.355 e. The van der Waals surface area contributed by atoms with Crippen molar-refractivity contribution < 1.29 is 26.4 Å². The summed E-state index contributed by atoms with van der Waals surface area (Å²) in [5, 5.41) is -0.597. The molecule has 0 unspecified atom stereocenters. The number of carbonyl (C=O) groups is 1. The number of hydrogen-bond donors (Lipinski definition) is 1. The Balaban J connectivity index is 1.84.